The van der Waals surface area contributed by atoms with Crippen LogP contribution in [0.15, 0.2) is 176 Å². The lowest BCUT2D eigenvalue weighted by Gasteiger charge is -2.33. The van der Waals surface area contributed by atoms with Crippen LogP contribution in [-0.2, 0) is 10.8 Å². The van der Waals surface area contributed by atoms with E-state index in [0.717, 1.165) is 17.1 Å². The van der Waals surface area contributed by atoms with Crippen molar-refractivity contribution in [1.29, 1.82) is 0 Å². The lowest BCUT2D eigenvalue weighted by Crippen LogP contribution is -2.26. The quantitative estimate of drug-likeness (QED) is 0.176. The number of aryl methyl sites for hydroxylation is 2. The Kier molecular flexibility index (Phi) is 6.72. The van der Waals surface area contributed by atoms with Gasteiger partial charge in [-0.15, -0.1) is 0 Å². The third-order valence-corrected chi connectivity index (χ3v) is 12.8. The van der Waals surface area contributed by atoms with Gasteiger partial charge in [-0.2, -0.15) is 0 Å². The van der Waals surface area contributed by atoms with Gasteiger partial charge in [0.1, 0.15) is 0 Å². The lowest BCUT2D eigenvalue weighted by molar-refractivity contribution is 0.660. The van der Waals surface area contributed by atoms with Gasteiger partial charge in [-0.25, -0.2) is 0 Å². The summed E-state index contributed by atoms with van der Waals surface area (Å²) >= 11 is 0. The highest BCUT2D eigenvalue weighted by atomic mass is 15.1. The van der Waals surface area contributed by atoms with Gasteiger partial charge in [0.25, 0.3) is 0 Å². The third-order valence-electron chi connectivity index (χ3n) is 12.8. The predicted octanol–water partition coefficient (Wildman–Crippen LogP) is 14.1. The van der Waals surface area contributed by atoms with Crippen LogP contribution in [0.2, 0.25) is 0 Å². The first-order valence-corrected chi connectivity index (χ1v) is 19.5. The minimum absolute atomic E-state index is 0.115. The Morgan fingerprint density at radius 3 is 1.44 bits per heavy atom. The van der Waals surface area contributed by atoms with E-state index in [-0.39, 0.29) is 5.41 Å². The average Bonchev–Trinajstić information content (AvgIpc) is 3.76. The van der Waals surface area contributed by atoms with Crippen LogP contribution in [0.25, 0.3) is 44.5 Å². The molecule has 8 aromatic rings. The molecule has 0 aliphatic heterocycles. The molecule has 0 radical (unpaired) electrons. The van der Waals surface area contributed by atoms with Gasteiger partial charge in [0.05, 0.1) is 5.41 Å². The fourth-order valence-corrected chi connectivity index (χ4v) is 10.3. The maximum Gasteiger partial charge on any atom is 0.0726 e. The van der Waals surface area contributed by atoms with Crippen molar-refractivity contribution in [3.63, 3.8) is 0 Å². The molecule has 0 saturated carbocycles. The molecule has 8 aromatic carbocycles. The van der Waals surface area contributed by atoms with E-state index in [9.17, 15) is 0 Å². The predicted molar refractivity (Wildman–Crippen MR) is 230 cm³/mol. The van der Waals surface area contributed by atoms with Gasteiger partial charge >= 0.3 is 0 Å². The lowest BCUT2D eigenvalue weighted by atomic mass is 9.70. The molecule has 0 atom stereocenters. The second-order valence-electron chi connectivity index (χ2n) is 16.3. The van der Waals surface area contributed by atoms with Crippen LogP contribution < -0.4 is 4.90 Å². The van der Waals surface area contributed by atoms with Gasteiger partial charge in [-0.3, -0.25) is 0 Å². The number of rotatable bonds is 4. The van der Waals surface area contributed by atoms with Crippen molar-refractivity contribution >= 4 is 17.1 Å². The first-order chi connectivity index (χ1) is 26.8. The second kappa shape index (κ2) is 11.5. The standard InChI is InChI=1S/C54H41N/c1-34-21-25-44-45-26-22-35(2)30-51(45)54(50(44)29-34)48-20-11-9-18-42(48)46-28-24-40(33-52(46)54)55(38-16-12-15-37(31-38)36-13-6-5-7-14-36)39-23-27-43-41-17-8-10-19-47(41)53(3,4)49(43)32-39/h5-33H,1-4H3. The van der Waals surface area contributed by atoms with Gasteiger partial charge in [-0.1, -0.05) is 165 Å². The zero-order valence-electron chi connectivity index (χ0n) is 31.7. The smallest absolute Gasteiger partial charge is 0.0726 e. The number of nitrogens with zero attached hydrogens (tertiary/aromatic N) is 1. The topological polar surface area (TPSA) is 3.24 Å². The molecule has 0 N–H and O–H groups in total. The van der Waals surface area contributed by atoms with Crippen LogP contribution in [0.1, 0.15) is 58.4 Å². The summed E-state index contributed by atoms with van der Waals surface area (Å²) in [6, 6.07) is 66.4. The Balaban J connectivity index is 1.18. The number of anilines is 3. The normalized spacial score (nSPS) is 14.5. The minimum Gasteiger partial charge on any atom is -0.310 e. The van der Waals surface area contributed by atoms with E-state index in [1.807, 2.05) is 0 Å². The van der Waals surface area contributed by atoms with Crippen molar-refractivity contribution in [1.82, 2.24) is 0 Å². The van der Waals surface area contributed by atoms with E-state index < -0.39 is 5.41 Å². The van der Waals surface area contributed by atoms with Crippen molar-refractivity contribution < 1.29 is 0 Å². The Hall–Kier alpha value is -6.44. The summed E-state index contributed by atoms with van der Waals surface area (Å²) in [5.74, 6) is 0. The molecule has 0 bridgehead atoms. The zero-order chi connectivity index (χ0) is 37.1. The molecule has 3 aliphatic rings. The summed E-state index contributed by atoms with van der Waals surface area (Å²) in [5, 5.41) is 0. The summed E-state index contributed by atoms with van der Waals surface area (Å²) in [5.41, 5.74) is 24.1. The monoisotopic (exact) mass is 703 g/mol. The summed E-state index contributed by atoms with van der Waals surface area (Å²) in [6.45, 7) is 9.21. The maximum atomic E-state index is 2.52. The van der Waals surface area contributed by atoms with Gasteiger partial charge < -0.3 is 4.90 Å². The Labute approximate surface area is 324 Å². The first kappa shape index (κ1) is 32.0. The maximum absolute atomic E-state index is 2.52. The van der Waals surface area contributed by atoms with Gasteiger partial charge in [0, 0.05) is 22.5 Å². The van der Waals surface area contributed by atoms with Crippen molar-refractivity contribution in [2.24, 2.45) is 0 Å². The number of fused-ring (bicyclic) bond motifs is 13. The molecule has 0 unspecified atom stereocenters. The molecule has 1 heteroatoms. The fraction of sp³-hybridized carbons (Fsp3) is 0.111. The molecule has 1 spiro atoms. The SMILES string of the molecule is Cc1ccc2c(c1)C1(c3ccccc3-c3ccc(N(c4cccc(-c5ccccc5)c4)c4ccc5c(c4)C(C)(C)c4ccccc4-5)cc31)c1cc(C)ccc1-2. The summed E-state index contributed by atoms with van der Waals surface area (Å²) < 4.78 is 0. The molecule has 0 aromatic heterocycles. The van der Waals surface area contributed by atoms with E-state index in [0.29, 0.717) is 0 Å². The van der Waals surface area contributed by atoms with Gasteiger partial charge in [0.2, 0.25) is 0 Å². The van der Waals surface area contributed by atoms with Crippen molar-refractivity contribution in [3.8, 4) is 44.5 Å². The largest absolute Gasteiger partial charge is 0.310 e. The van der Waals surface area contributed by atoms with E-state index in [1.54, 1.807) is 0 Å². The van der Waals surface area contributed by atoms with Gasteiger partial charge in [0.15, 0.2) is 0 Å². The second-order valence-corrected chi connectivity index (χ2v) is 16.3. The van der Waals surface area contributed by atoms with Crippen LogP contribution in [0.4, 0.5) is 17.1 Å². The molecule has 1 nitrogen and oxygen atoms in total. The minimum atomic E-state index is -0.427. The highest BCUT2D eigenvalue weighted by Gasteiger charge is 2.52. The fourth-order valence-electron chi connectivity index (χ4n) is 10.3. The molecule has 11 rings (SSSR count). The Bertz CT molecular complexity index is 2820. The molecule has 0 saturated heterocycles. The summed E-state index contributed by atoms with van der Waals surface area (Å²) in [7, 11) is 0. The molecular formula is C54H41N. The molecule has 262 valence electrons. The zero-order valence-corrected chi connectivity index (χ0v) is 31.7. The summed E-state index contributed by atoms with van der Waals surface area (Å²) in [6.07, 6.45) is 0. The van der Waals surface area contributed by atoms with Crippen molar-refractivity contribution in [3.05, 3.63) is 220 Å². The van der Waals surface area contributed by atoms with E-state index in [1.165, 1.54) is 89.0 Å². The molecule has 0 amide bonds. The first-order valence-electron chi connectivity index (χ1n) is 19.5. The molecule has 0 heterocycles. The number of hydrogen-bond acceptors (Lipinski definition) is 1. The average molecular weight is 704 g/mol. The van der Waals surface area contributed by atoms with Crippen LogP contribution in [0, 0.1) is 13.8 Å². The van der Waals surface area contributed by atoms with Crippen LogP contribution in [-0.4, -0.2) is 0 Å². The highest BCUT2D eigenvalue weighted by Crippen LogP contribution is 2.64. The van der Waals surface area contributed by atoms with Crippen molar-refractivity contribution in [2.75, 3.05) is 4.90 Å². The van der Waals surface area contributed by atoms with Crippen LogP contribution in [0.5, 0.6) is 0 Å². The van der Waals surface area contributed by atoms with E-state index >= 15 is 0 Å². The Morgan fingerprint density at radius 2 is 0.782 bits per heavy atom. The van der Waals surface area contributed by atoms with E-state index in [2.05, 4.69) is 209 Å². The highest BCUT2D eigenvalue weighted by molar-refractivity contribution is 5.97. The number of benzene rings is 8. The molecule has 0 fully saturated rings. The third kappa shape index (κ3) is 4.41. The van der Waals surface area contributed by atoms with Crippen LogP contribution >= 0.6 is 0 Å². The van der Waals surface area contributed by atoms with Crippen molar-refractivity contribution in [2.45, 2.75) is 38.5 Å². The van der Waals surface area contributed by atoms with E-state index in [4.69, 9.17) is 0 Å². The van der Waals surface area contributed by atoms with Gasteiger partial charge in [-0.05, 0) is 128 Å². The summed E-state index contributed by atoms with van der Waals surface area (Å²) in [4.78, 5) is 2.49. The molecule has 3 aliphatic carbocycles. The molecular weight excluding hydrogens is 663 g/mol. The Morgan fingerprint density at radius 1 is 0.327 bits per heavy atom. The van der Waals surface area contributed by atoms with Crippen LogP contribution in [0.3, 0.4) is 0 Å². The molecule has 55 heavy (non-hydrogen) atoms. The number of hydrogen-bond donors (Lipinski definition) is 0.